The maximum Gasteiger partial charge on any atom is 0.0792 e. The van der Waals surface area contributed by atoms with Gasteiger partial charge in [0.1, 0.15) is 0 Å². The van der Waals surface area contributed by atoms with E-state index in [0.717, 1.165) is 0 Å². The van der Waals surface area contributed by atoms with Crippen LogP contribution < -0.4 is 0 Å². The predicted molar refractivity (Wildman–Crippen MR) is 85.1 cm³/mol. The van der Waals surface area contributed by atoms with E-state index in [1.54, 1.807) is 0 Å². The summed E-state index contributed by atoms with van der Waals surface area (Å²) in [4.78, 5) is 1.30. The van der Waals surface area contributed by atoms with Gasteiger partial charge < -0.3 is 0 Å². The van der Waals surface area contributed by atoms with Crippen LogP contribution in [-0.4, -0.2) is 0 Å². The molecule has 1 aromatic heterocycles. The van der Waals surface area contributed by atoms with Crippen LogP contribution in [0.5, 0.6) is 0 Å². The average Bonchev–Trinajstić information content (AvgIpc) is 2.68. The topological polar surface area (TPSA) is 0 Å². The number of thiophene rings is 1. The highest BCUT2D eigenvalue weighted by Gasteiger charge is 2.10. The monoisotopic (exact) mass is 368 g/mol. The molecule has 0 N–H and O–H groups in total. The zero-order valence-corrected chi connectivity index (χ0v) is 12.7. The summed E-state index contributed by atoms with van der Waals surface area (Å²) < 4.78 is 4.13. The molecule has 0 aliphatic rings. The van der Waals surface area contributed by atoms with E-state index in [-0.39, 0.29) is 0 Å². The summed E-state index contributed by atoms with van der Waals surface area (Å²) in [5, 5.41) is 1.37. The lowest BCUT2D eigenvalue weighted by molar-refractivity contribution is 1.45. The standard InChI is InChI=1S/C14H9IS2/c15-13-11-8-4-5-9-12(11)17-14(13)16-10-6-2-1-3-7-10/h1-9H. The summed E-state index contributed by atoms with van der Waals surface area (Å²) in [6.45, 7) is 0. The van der Waals surface area contributed by atoms with E-state index >= 15 is 0 Å². The van der Waals surface area contributed by atoms with E-state index in [9.17, 15) is 0 Å². The Labute approximate surface area is 122 Å². The molecule has 3 heteroatoms. The van der Waals surface area contributed by atoms with Gasteiger partial charge in [-0.15, -0.1) is 11.3 Å². The predicted octanol–water partition coefficient (Wildman–Crippen LogP) is 5.66. The molecule has 0 fully saturated rings. The molecule has 0 nitrogen and oxygen atoms in total. The Bertz CT molecular complexity index is 644. The van der Waals surface area contributed by atoms with Crippen molar-refractivity contribution < 1.29 is 0 Å². The van der Waals surface area contributed by atoms with Crippen molar-refractivity contribution in [2.75, 3.05) is 0 Å². The van der Waals surface area contributed by atoms with E-state index in [1.165, 1.54) is 22.8 Å². The van der Waals surface area contributed by atoms with Crippen molar-refractivity contribution in [1.29, 1.82) is 0 Å². The van der Waals surface area contributed by atoms with Gasteiger partial charge in [-0.2, -0.15) is 0 Å². The fourth-order valence-corrected chi connectivity index (χ4v) is 5.22. The van der Waals surface area contributed by atoms with Crippen LogP contribution >= 0.6 is 45.7 Å². The minimum Gasteiger partial charge on any atom is -0.127 e. The van der Waals surface area contributed by atoms with Crippen molar-refractivity contribution in [3.8, 4) is 0 Å². The Balaban J connectivity index is 2.04. The number of benzene rings is 2. The molecular weight excluding hydrogens is 359 g/mol. The molecule has 0 saturated carbocycles. The van der Waals surface area contributed by atoms with E-state index in [0.29, 0.717) is 0 Å². The molecule has 0 atom stereocenters. The third-order valence-electron chi connectivity index (χ3n) is 2.46. The fraction of sp³-hybridized carbons (Fsp3) is 0. The first kappa shape index (κ1) is 11.6. The Morgan fingerprint density at radius 2 is 1.59 bits per heavy atom. The molecule has 0 unspecified atom stereocenters. The zero-order valence-electron chi connectivity index (χ0n) is 8.89. The second-order valence-electron chi connectivity index (χ2n) is 3.61. The van der Waals surface area contributed by atoms with E-state index in [4.69, 9.17) is 0 Å². The fourth-order valence-electron chi connectivity index (χ4n) is 1.65. The van der Waals surface area contributed by atoms with Gasteiger partial charge in [-0.3, -0.25) is 0 Å². The molecule has 1 heterocycles. The van der Waals surface area contributed by atoms with E-state index in [2.05, 4.69) is 77.2 Å². The van der Waals surface area contributed by atoms with Crippen molar-refractivity contribution in [2.24, 2.45) is 0 Å². The maximum atomic E-state index is 2.45. The molecule has 3 rings (SSSR count). The Morgan fingerprint density at radius 3 is 2.35 bits per heavy atom. The van der Waals surface area contributed by atoms with Gasteiger partial charge in [-0.1, -0.05) is 48.2 Å². The van der Waals surface area contributed by atoms with Gasteiger partial charge in [-0.05, 0) is 40.8 Å². The highest BCUT2D eigenvalue weighted by Crippen LogP contribution is 2.41. The summed E-state index contributed by atoms with van der Waals surface area (Å²) in [5.74, 6) is 0. The van der Waals surface area contributed by atoms with Gasteiger partial charge in [0.05, 0.1) is 4.21 Å². The van der Waals surface area contributed by atoms with Crippen molar-refractivity contribution in [2.45, 2.75) is 9.10 Å². The first-order valence-corrected chi connectivity index (χ1v) is 7.96. The molecular formula is C14H9IS2. The molecule has 84 valence electrons. The quantitative estimate of drug-likeness (QED) is 0.526. The average molecular weight is 368 g/mol. The second kappa shape index (κ2) is 5.00. The molecule has 0 aliphatic heterocycles. The number of hydrogen-bond donors (Lipinski definition) is 0. The summed E-state index contributed by atoms with van der Waals surface area (Å²) in [6, 6.07) is 19.1. The van der Waals surface area contributed by atoms with E-state index < -0.39 is 0 Å². The molecule has 2 aromatic carbocycles. The second-order valence-corrected chi connectivity index (χ2v) is 7.09. The van der Waals surface area contributed by atoms with Gasteiger partial charge in [0.25, 0.3) is 0 Å². The summed E-state index contributed by atoms with van der Waals surface area (Å²) in [6.07, 6.45) is 0. The van der Waals surface area contributed by atoms with Crippen LogP contribution in [0.1, 0.15) is 0 Å². The molecule has 3 aromatic rings. The minimum absolute atomic E-state index is 1.30. The van der Waals surface area contributed by atoms with Crippen molar-refractivity contribution >= 4 is 55.8 Å². The first-order valence-electron chi connectivity index (χ1n) is 5.24. The van der Waals surface area contributed by atoms with Crippen molar-refractivity contribution in [3.63, 3.8) is 0 Å². The SMILES string of the molecule is Ic1c(Sc2ccccc2)sc2ccccc12. The van der Waals surface area contributed by atoms with Gasteiger partial charge in [-0.25, -0.2) is 0 Å². The number of hydrogen-bond acceptors (Lipinski definition) is 2. The van der Waals surface area contributed by atoms with Gasteiger partial charge in [0, 0.05) is 18.6 Å². The molecule has 0 spiro atoms. The Morgan fingerprint density at radius 1 is 0.882 bits per heavy atom. The van der Waals surface area contributed by atoms with Crippen LogP contribution in [-0.2, 0) is 0 Å². The largest absolute Gasteiger partial charge is 0.127 e. The summed E-state index contributed by atoms with van der Waals surface area (Å²) in [7, 11) is 0. The van der Waals surface area contributed by atoms with Crippen LogP contribution in [0, 0.1) is 3.57 Å². The minimum atomic E-state index is 1.30. The van der Waals surface area contributed by atoms with Crippen molar-refractivity contribution in [1.82, 2.24) is 0 Å². The van der Waals surface area contributed by atoms with Crippen LogP contribution in [0.15, 0.2) is 63.7 Å². The maximum absolute atomic E-state index is 2.45. The molecule has 0 aliphatic carbocycles. The number of halogens is 1. The lowest BCUT2D eigenvalue weighted by Gasteiger charge is -1.98. The Hall–Kier alpha value is -0.520. The smallest absolute Gasteiger partial charge is 0.0792 e. The van der Waals surface area contributed by atoms with Crippen LogP contribution in [0.4, 0.5) is 0 Å². The molecule has 0 saturated heterocycles. The lowest BCUT2D eigenvalue weighted by Crippen LogP contribution is -1.71. The van der Waals surface area contributed by atoms with Crippen LogP contribution in [0.2, 0.25) is 0 Å². The molecule has 0 bridgehead atoms. The lowest BCUT2D eigenvalue weighted by atomic mass is 10.3. The van der Waals surface area contributed by atoms with Crippen LogP contribution in [0.25, 0.3) is 10.1 Å². The van der Waals surface area contributed by atoms with Gasteiger partial charge in [0.2, 0.25) is 0 Å². The molecule has 0 amide bonds. The number of rotatable bonds is 2. The number of fused-ring (bicyclic) bond motifs is 1. The molecule has 17 heavy (non-hydrogen) atoms. The zero-order chi connectivity index (χ0) is 11.7. The highest BCUT2D eigenvalue weighted by atomic mass is 127. The van der Waals surface area contributed by atoms with Gasteiger partial charge in [0.15, 0.2) is 0 Å². The Kier molecular flexibility index (Phi) is 3.40. The van der Waals surface area contributed by atoms with Crippen molar-refractivity contribution in [3.05, 3.63) is 58.2 Å². The third-order valence-corrected chi connectivity index (χ3v) is 6.67. The third kappa shape index (κ3) is 2.37. The normalized spacial score (nSPS) is 10.9. The summed E-state index contributed by atoms with van der Waals surface area (Å²) >= 11 is 6.18. The van der Waals surface area contributed by atoms with E-state index in [1.807, 2.05) is 23.1 Å². The highest BCUT2D eigenvalue weighted by molar-refractivity contribution is 14.1. The molecule has 0 radical (unpaired) electrons. The van der Waals surface area contributed by atoms with Gasteiger partial charge >= 0.3 is 0 Å². The van der Waals surface area contributed by atoms with Crippen LogP contribution in [0.3, 0.4) is 0 Å². The summed E-state index contributed by atoms with van der Waals surface area (Å²) in [5.41, 5.74) is 0. The first-order chi connectivity index (χ1) is 8.34.